The molecule has 0 unspecified atom stereocenters. The number of nitrogens with one attached hydrogen (secondary N) is 2. The van der Waals surface area contributed by atoms with Crippen LogP contribution in [0.25, 0.3) is 0 Å². The average molecular weight is 283 g/mol. The van der Waals surface area contributed by atoms with Gasteiger partial charge in [0.1, 0.15) is 0 Å². The number of sulfonamides is 1. The molecule has 0 spiro atoms. The highest BCUT2D eigenvalue weighted by atomic mass is 32.2. The van der Waals surface area contributed by atoms with E-state index in [-0.39, 0.29) is 12.3 Å². The van der Waals surface area contributed by atoms with E-state index in [1.165, 1.54) is 12.8 Å². The first-order valence-electron chi connectivity index (χ1n) is 6.74. The van der Waals surface area contributed by atoms with Crippen LogP contribution in [-0.4, -0.2) is 31.7 Å². The molecular weight excluding hydrogens is 262 g/mol. The van der Waals surface area contributed by atoms with Crippen molar-refractivity contribution in [1.82, 2.24) is 15.0 Å². The third-order valence-corrected chi connectivity index (χ3v) is 4.53. The largest absolute Gasteiger partial charge is 0.313 e. The van der Waals surface area contributed by atoms with Crippen LogP contribution >= 0.6 is 0 Å². The van der Waals surface area contributed by atoms with Gasteiger partial charge in [0.25, 0.3) is 0 Å². The molecule has 2 rings (SSSR count). The molecule has 0 bridgehead atoms. The molecule has 19 heavy (non-hydrogen) atoms. The minimum atomic E-state index is -3.23. The van der Waals surface area contributed by atoms with Crippen molar-refractivity contribution in [3.05, 3.63) is 29.6 Å². The number of nitrogens with zero attached hydrogens (tertiary/aromatic N) is 1. The summed E-state index contributed by atoms with van der Waals surface area (Å²) in [6.45, 7) is 2.83. The van der Waals surface area contributed by atoms with Crippen LogP contribution in [0.4, 0.5) is 0 Å². The van der Waals surface area contributed by atoms with Gasteiger partial charge in [0.15, 0.2) is 0 Å². The molecule has 0 aliphatic heterocycles. The molecule has 1 aromatic rings. The van der Waals surface area contributed by atoms with Crippen LogP contribution in [0.5, 0.6) is 0 Å². The van der Waals surface area contributed by atoms with Gasteiger partial charge in [0.05, 0.1) is 18.0 Å². The van der Waals surface area contributed by atoms with Gasteiger partial charge in [-0.25, -0.2) is 13.1 Å². The Labute approximate surface area is 114 Å². The van der Waals surface area contributed by atoms with Gasteiger partial charge in [-0.15, -0.1) is 0 Å². The molecule has 0 saturated heterocycles. The molecule has 0 aromatic carbocycles. The highest BCUT2D eigenvalue weighted by Crippen LogP contribution is 2.18. The fraction of sp³-hybridized carbons (Fsp3) is 0.615. The SMILES string of the molecule is CCc1cccnc1CNS(=O)(=O)CCNC1CC1. The predicted molar refractivity (Wildman–Crippen MR) is 75.3 cm³/mol. The summed E-state index contributed by atoms with van der Waals surface area (Å²) in [7, 11) is -3.23. The Hall–Kier alpha value is -0.980. The van der Waals surface area contributed by atoms with E-state index in [1.54, 1.807) is 6.20 Å². The summed E-state index contributed by atoms with van der Waals surface area (Å²) in [5, 5.41) is 3.20. The fourth-order valence-electron chi connectivity index (χ4n) is 1.89. The Morgan fingerprint density at radius 1 is 1.42 bits per heavy atom. The first kappa shape index (κ1) is 14.4. The summed E-state index contributed by atoms with van der Waals surface area (Å²) in [4.78, 5) is 4.23. The lowest BCUT2D eigenvalue weighted by Crippen LogP contribution is -2.32. The maximum absolute atomic E-state index is 11.8. The van der Waals surface area contributed by atoms with Gasteiger partial charge >= 0.3 is 0 Å². The van der Waals surface area contributed by atoms with E-state index >= 15 is 0 Å². The number of pyridine rings is 1. The van der Waals surface area contributed by atoms with E-state index < -0.39 is 10.0 Å². The zero-order valence-electron chi connectivity index (χ0n) is 11.2. The van der Waals surface area contributed by atoms with Crippen LogP contribution in [-0.2, 0) is 23.0 Å². The number of hydrogen-bond acceptors (Lipinski definition) is 4. The van der Waals surface area contributed by atoms with Crippen molar-refractivity contribution in [2.24, 2.45) is 0 Å². The lowest BCUT2D eigenvalue weighted by molar-refractivity contribution is 0.575. The maximum Gasteiger partial charge on any atom is 0.213 e. The van der Waals surface area contributed by atoms with Crippen LogP contribution in [0.15, 0.2) is 18.3 Å². The topological polar surface area (TPSA) is 71.1 Å². The van der Waals surface area contributed by atoms with Crippen molar-refractivity contribution in [3.8, 4) is 0 Å². The second-order valence-electron chi connectivity index (χ2n) is 4.83. The molecule has 1 saturated carbocycles. The summed E-state index contributed by atoms with van der Waals surface area (Å²) < 4.78 is 26.3. The maximum atomic E-state index is 11.8. The molecule has 1 heterocycles. The number of hydrogen-bond donors (Lipinski definition) is 2. The number of aromatic nitrogens is 1. The third kappa shape index (κ3) is 4.89. The Morgan fingerprint density at radius 3 is 2.89 bits per heavy atom. The summed E-state index contributed by atoms with van der Waals surface area (Å²) in [6.07, 6.45) is 4.88. The Kier molecular flexibility index (Phi) is 4.90. The van der Waals surface area contributed by atoms with Crippen molar-refractivity contribution in [2.75, 3.05) is 12.3 Å². The molecule has 106 valence electrons. The van der Waals surface area contributed by atoms with Crippen molar-refractivity contribution < 1.29 is 8.42 Å². The Bertz CT molecular complexity index is 512. The average Bonchev–Trinajstić information content (AvgIpc) is 3.21. The van der Waals surface area contributed by atoms with Gasteiger partial charge in [0, 0.05) is 18.8 Å². The van der Waals surface area contributed by atoms with E-state index in [0.717, 1.165) is 17.7 Å². The van der Waals surface area contributed by atoms with Crippen molar-refractivity contribution in [2.45, 2.75) is 38.8 Å². The van der Waals surface area contributed by atoms with E-state index in [1.807, 2.05) is 19.1 Å². The van der Waals surface area contributed by atoms with E-state index in [2.05, 4.69) is 15.0 Å². The Balaban J connectivity index is 1.82. The molecule has 0 atom stereocenters. The summed E-state index contributed by atoms with van der Waals surface area (Å²) in [5.74, 6) is 0.123. The summed E-state index contributed by atoms with van der Waals surface area (Å²) in [6, 6.07) is 4.39. The summed E-state index contributed by atoms with van der Waals surface area (Å²) >= 11 is 0. The lowest BCUT2D eigenvalue weighted by Gasteiger charge is -2.09. The zero-order chi connectivity index (χ0) is 13.7. The standard InChI is InChI=1S/C13H21N3O2S/c1-2-11-4-3-7-15-13(11)10-16-19(17,18)9-8-14-12-5-6-12/h3-4,7,12,14,16H,2,5-6,8-10H2,1H3. The smallest absolute Gasteiger partial charge is 0.213 e. The van der Waals surface area contributed by atoms with Crippen LogP contribution < -0.4 is 10.0 Å². The normalized spacial score (nSPS) is 15.6. The van der Waals surface area contributed by atoms with E-state index in [9.17, 15) is 8.42 Å². The van der Waals surface area contributed by atoms with Crippen LogP contribution in [0, 0.1) is 0 Å². The minimum Gasteiger partial charge on any atom is -0.313 e. The van der Waals surface area contributed by atoms with Crippen LogP contribution in [0.1, 0.15) is 31.0 Å². The fourth-order valence-corrected chi connectivity index (χ4v) is 2.78. The van der Waals surface area contributed by atoms with E-state index in [4.69, 9.17) is 0 Å². The molecule has 1 aromatic heterocycles. The molecular formula is C13H21N3O2S. The third-order valence-electron chi connectivity index (χ3n) is 3.21. The molecule has 6 heteroatoms. The van der Waals surface area contributed by atoms with Gasteiger partial charge in [-0.3, -0.25) is 4.98 Å². The second kappa shape index (κ2) is 6.45. The molecule has 1 fully saturated rings. The van der Waals surface area contributed by atoms with Gasteiger partial charge < -0.3 is 5.32 Å². The quantitative estimate of drug-likeness (QED) is 0.741. The van der Waals surface area contributed by atoms with Gasteiger partial charge in [-0.05, 0) is 30.9 Å². The predicted octanol–water partition coefficient (Wildman–Crippen LogP) is 0.815. The van der Waals surface area contributed by atoms with E-state index in [0.29, 0.717) is 12.6 Å². The first-order valence-corrected chi connectivity index (χ1v) is 8.39. The highest BCUT2D eigenvalue weighted by molar-refractivity contribution is 7.89. The van der Waals surface area contributed by atoms with Crippen molar-refractivity contribution in [3.63, 3.8) is 0 Å². The van der Waals surface area contributed by atoms with Crippen molar-refractivity contribution >= 4 is 10.0 Å². The summed E-state index contributed by atoms with van der Waals surface area (Å²) in [5.41, 5.74) is 1.89. The molecule has 1 aliphatic carbocycles. The molecule has 5 nitrogen and oxygen atoms in total. The molecule has 0 radical (unpaired) electrons. The lowest BCUT2D eigenvalue weighted by atomic mass is 10.1. The Morgan fingerprint density at radius 2 is 2.21 bits per heavy atom. The highest BCUT2D eigenvalue weighted by Gasteiger charge is 2.21. The van der Waals surface area contributed by atoms with Crippen LogP contribution in [0.2, 0.25) is 0 Å². The van der Waals surface area contributed by atoms with Gasteiger partial charge in [-0.2, -0.15) is 0 Å². The first-order chi connectivity index (χ1) is 9.11. The number of rotatable bonds is 8. The molecule has 0 amide bonds. The molecule has 1 aliphatic rings. The van der Waals surface area contributed by atoms with Gasteiger partial charge in [-0.1, -0.05) is 13.0 Å². The monoisotopic (exact) mass is 283 g/mol. The van der Waals surface area contributed by atoms with Crippen molar-refractivity contribution in [1.29, 1.82) is 0 Å². The van der Waals surface area contributed by atoms with Gasteiger partial charge in [0.2, 0.25) is 10.0 Å². The zero-order valence-corrected chi connectivity index (χ0v) is 12.0. The molecule has 2 N–H and O–H groups in total. The minimum absolute atomic E-state index is 0.123. The van der Waals surface area contributed by atoms with Crippen LogP contribution in [0.3, 0.4) is 0 Å². The number of aryl methyl sites for hydroxylation is 1. The second-order valence-corrected chi connectivity index (χ2v) is 6.76.